The van der Waals surface area contributed by atoms with E-state index in [1.54, 1.807) is 24.4 Å². The molecule has 4 aromatic rings. The molecule has 3 atom stereocenters. The number of benzene rings is 1. The number of aromatic nitrogens is 2. The summed E-state index contributed by atoms with van der Waals surface area (Å²) in [6.45, 7) is 0.656. The zero-order chi connectivity index (χ0) is 28.7. The predicted molar refractivity (Wildman–Crippen MR) is 157 cm³/mol. The molecule has 0 bridgehead atoms. The number of nitrogens with two attached hydrogens (primary N) is 1. The fourth-order valence-corrected chi connectivity index (χ4v) is 16.3. The molecule has 210 valence electrons. The van der Waals surface area contributed by atoms with E-state index in [0.717, 1.165) is 36.9 Å². The summed E-state index contributed by atoms with van der Waals surface area (Å²) in [6.07, 6.45) is 5.10. The fourth-order valence-electron chi connectivity index (χ4n) is 7.10. The number of aryl methyl sites for hydroxylation is 1. The van der Waals surface area contributed by atoms with Gasteiger partial charge in [0.25, 0.3) is 0 Å². The summed E-state index contributed by atoms with van der Waals surface area (Å²) in [7, 11) is 0. The van der Waals surface area contributed by atoms with Crippen LogP contribution >= 0.6 is 11.3 Å². The van der Waals surface area contributed by atoms with Crippen LogP contribution in [0, 0.1) is 5.82 Å². The minimum absolute atomic E-state index is 0.112. The van der Waals surface area contributed by atoms with E-state index in [0.29, 0.717) is 52.4 Å². The first-order valence-electron chi connectivity index (χ1n) is 14.2. The van der Waals surface area contributed by atoms with Crippen molar-refractivity contribution in [1.82, 2.24) is 20.2 Å². The second-order valence-electron chi connectivity index (χ2n) is 11.5. The van der Waals surface area contributed by atoms with Crippen LogP contribution < -0.4 is 12.9 Å². The number of amides is 2. The van der Waals surface area contributed by atoms with Crippen LogP contribution in [0.4, 0.5) is 4.39 Å². The van der Waals surface area contributed by atoms with Crippen molar-refractivity contribution in [1.29, 1.82) is 0 Å². The molecule has 8 nitrogen and oxygen atoms in total. The Balaban J connectivity index is 1.22. The molecule has 1 aliphatic carbocycles. The molecule has 4 aliphatic rings. The van der Waals surface area contributed by atoms with Gasteiger partial charge in [0.05, 0.1) is 0 Å². The number of nitrogens with one attached hydrogen (secondary N) is 1. The zero-order valence-corrected chi connectivity index (χ0v) is 26.2. The Hall–Kier alpha value is -3.48. The van der Waals surface area contributed by atoms with Crippen LogP contribution in [0.15, 0.2) is 54.7 Å². The van der Waals surface area contributed by atoms with Gasteiger partial charge in [-0.2, -0.15) is 0 Å². The molecule has 11 heteroatoms. The SMILES string of the molecule is [NH2][Sn]1([c]2ccc(F)cc2)[CH2]c2nc3c(c(-c4ccc(C(=O)N[C@@H]5CCc6ncccc65)s4)c2[C]1=O)C(=O)N1CCC[C@@H]31. The molecule has 1 saturated heterocycles. The van der Waals surface area contributed by atoms with Gasteiger partial charge in [-0.15, -0.1) is 0 Å². The number of carbonyl (C=O) groups excluding carboxylic acids is 3. The molecule has 8 rings (SSSR count). The van der Waals surface area contributed by atoms with Gasteiger partial charge in [0.2, 0.25) is 0 Å². The maximum atomic E-state index is 14.3. The van der Waals surface area contributed by atoms with Gasteiger partial charge in [0, 0.05) is 6.20 Å². The number of thiophene rings is 1. The molecular formula is C31H26FN5O3SSn. The monoisotopic (exact) mass is 687 g/mol. The Morgan fingerprint density at radius 3 is 2.71 bits per heavy atom. The van der Waals surface area contributed by atoms with Gasteiger partial charge in [-0.25, -0.2) is 0 Å². The molecule has 3 aromatic heterocycles. The standard InChI is InChI=1S/C25H20N4O3S.C6H4F.H2N.Sn/c1-13-15(12-30)21(22-23(27-13)18-5-3-11-29(18)25(22)32)19-8-9-20(33-19)24(31)28-17-7-6-16-14(17)4-2-10-26-16;7-6-4-2-1-3-5-6;;/h2,4,8-10,17-18H,1,3,5-7,11H2,(H,28,31);2-5H;1H2;/q;;-1;+1/t17-,18+;;;/m1.../s1. The molecule has 0 saturated carbocycles. The first-order valence-corrected chi connectivity index (χ1v) is 21.5. The van der Waals surface area contributed by atoms with Crippen molar-refractivity contribution in [2.75, 3.05) is 6.54 Å². The van der Waals surface area contributed by atoms with Crippen LogP contribution in [0.5, 0.6) is 0 Å². The van der Waals surface area contributed by atoms with Crippen molar-refractivity contribution in [2.24, 2.45) is 3.96 Å². The number of pyridine rings is 2. The van der Waals surface area contributed by atoms with Crippen molar-refractivity contribution < 1.29 is 18.8 Å². The van der Waals surface area contributed by atoms with Gasteiger partial charge in [-0.05, 0) is 0 Å². The third-order valence-corrected chi connectivity index (χ3v) is 19.7. The average molecular weight is 686 g/mol. The number of hydrogen-bond donors (Lipinski definition) is 2. The third kappa shape index (κ3) is 3.77. The van der Waals surface area contributed by atoms with Crippen LogP contribution in [0.25, 0.3) is 10.4 Å². The first kappa shape index (κ1) is 26.2. The number of hydrogen-bond acceptors (Lipinski definition) is 7. The van der Waals surface area contributed by atoms with E-state index in [4.69, 9.17) is 8.94 Å². The number of halogens is 1. The summed E-state index contributed by atoms with van der Waals surface area (Å²) in [6, 6.07) is 13.2. The molecule has 3 aliphatic heterocycles. The Morgan fingerprint density at radius 1 is 1.05 bits per heavy atom. The summed E-state index contributed by atoms with van der Waals surface area (Å²) >= 11 is -2.97. The third-order valence-electron chi connectivity index (χ3n) is 9.13. The molecule has 1 fully saturated rings. The van der Waals surface area contributed by atoms with Crippen LogP contribution in [0.2, 0.25) is 0 Å². The van der Waals surface area contributed by atoms with E-state index in [-0.39, 0.29) is 33.5 Å². The van der Waals surface area contributed by atoms with Crippen LogP contribution in [0.1, 0.15) is 84.4 Å². The van der Waals surface area contributed by atoms with E-state index in [1.807, 2.05) is 23.1 Å². The number of nitrogens with zero attached hydrogens (tertiary/aromatic N) is 3. The van der Waals surface area contributed by atoms with E-state index < -0.39 is 18.7 Å². The van der Waals surface area contributed by atoms with Crippen LogP contribution in [-0.4, -0.2) is 55.7 Å². The van der Waals surface area contributed by atoms with Crippen molar-refractivity contribution in [3.05, 3.63) is 99.2 Å². The summed E-state index contributed by atoms with van der Waals surface area (Å²) in [5.41, 5.74) is 4.83. The Kier molecular flexibility index (Phi) is 5.93. The van der Waals surface area contributed by atoms with Gasteiger partial charge in [-0.1, -0.05) is 0 Å². The Bertz CT molecular complexity index is 1840. The second-order valence-corrected chi connectivity index (χ2v) is 22.1. The van der Waals surface area contributed by atoms with Crippen molar-refractivity contribution in [3.8, 4) is 10.4 Å². The minimum atomic E-state index is -4.25. The number of fused-ring (bicyclic) bond motifs is 5. The first-order chi connectivity index (χ1) is 20.3. The average Bonchev–Trinajstić information content (AvgIpc) is 3.81. The van der Waals surface area contributed by atoms with Gasteiger partial charge in [0.1, 0.15) is 0 Å². The maximum absolute atomic E-state index is 14.3. The molecule has 6 heterocycles. The molecule has 3 N–H and O–H groups in total. The van der Waals surface area contributed by atoms with Crippen molar-refractivity contribution >= 4 is 49.2 Å². The Labute approximate surface area is 249 Å². The summed E-state index contributed by atoms with van der Waals surface area (Å²) in [4.78, 5) is 53.9. The summed E-state index contributed by atoms with van der Waals surface area (Å²) in [5, 5.41) is 3.15. The molecular weight excluding hydrogens is 660 g/mol. The summed E-state index contributed by atoms with van der Waals surface area (Å²) < 4.78 is 21.6. The van der Waals surface area contributed by atoms with E-state index in [2.05, 4.69) is 10.3 Å². The molecule has 1 unspecified atom stereocenters. The molecule has 42 heavy (non-hydrogen) atoms. The molecule has 0 spiro atoms. The van der Waals surface area contributed by atoms with E-state index in [1.165, 1.54) is 23.5 Å². The zero-order valence-electron chi connectivity index (χ0n) is 22.5. The predicted octanol–water partition coefficient (Wildman–Crippen LogP) is 3.68. The Morgan fingerprint density at radius 2 is 1.88 bits per heavy atom. The molecule has 0 radical (unpaired) electrons. The van der Waals surface area contributed by atoms with Gasteiger partial charge < -0.3 is 0 Å². The van der Waals surface area contributed by atoms with E-state index in [9.17, 15) is 18.8 Å². The van der Waals surface area contributed by atoms with Crippen LogP contribution in [0.3, 0.4) is 0 Å². The van der Waals surface area contributed by atoms with Gasteiger partial charge >= 0.3 is 244 Å². The fraction of sp³-hybridized carbons (Fsp3) is 0.258. The number of carbonyl (C=O) groups is 3. The quantitative estimate of drug-likeness (QED) is 0.317. The topological polar surface area (TPSA) is 118 Å². The van der Waals surface area contributed by atoms with Gasteiger partial charge in [0.15, 0.2) is 0 Å². The normalized spacial score (nSPS) is 23.6. The van der Waals surface area contributed by atoms with Gasteiger partial charge in [-0.3, -0.25) is 0 Å². The molecule has 1 aromatic carbocycles. The van der Waals surface area contributed by atoms with Crippen LogP contribution in [-0.2, 0) is 10.9 Å². The second kappa shape index (κ2) is 9.51. The van der Waals surface area contributed by atoms with Crippen molar-refractivity contribution in [2.45, 2.75) is 42.2 Å². The van der Waals surface area contributed by atoms with Crippen molar-refractivity contribution in [3.63, 3.8) is 0 Å². The van der Waals surface area contributed by atoms with E-state index >= 15 is 0 Å². The summed E-state index contributed by atoms with van der Waals surface area (Å²) in [5.74, 6) is -0.707. The number of rotatable bonds is 4. The molecule has 2 amide bonds.